The number of ether oxygens (including phenoxy) is 1. The predicted molar refractivity (Wildman–Crippen MR) is 111 cm³/mol. The van der Waals surface area contributed by atoms with E-state index in [1.165, 1.54) is 0 Å². The van der Waals surface area contributed by atoms with E-state index in [2.05, 4.69) is 5.32 Å². The fourth-order valence-electron chi connectivity index (χ4n) is 2.99. The smallest absolute Gasteiger partial charge is 0.242 e. The van der Waals surface area contributed by atoms with Crippen LogP contribution in [-0.2, 0) is 22.6 Å². The van der Waals surface area contributed by atoms with Crippen molar-refractivity contribution in [3.05, 3.63) is 65.2 Å². The summed E-state index contributed by atoms with van der Waals surface area (Å²) in [5.41, 5.74) is 2.99. The van der Waals surface area contributed by atoms with Gasteiger partial charge < -0.3 is 15.0 Å². The third-order valence-electron chi connectivity index (χ3n) is 4.71. The minimum absolute atomic E-state index is 0.0178. The highest BCUT2D eigenvalue weighted by molar-refractivity contribution is 5.88. The molecule has 0 radical (unpaired) electrons. The summed E-state index contributed by atoms with van der Waals surface area (Å²) in [6.45, 7) is 7.95. The Morgan fingerprint density at radius 3 is 2.25 bits per heavy atom. The third kappa shape index (κ3) is 5.84. The minimum Gasteiger partial charge on any atom is -0.497 e. The van der Waals surface area contributed by atoms with Crippen LogP contribution in [0.2, 0.25) is 0 Å². The number of carbonyl (C=O) groups is 2. The molecule has 0 spiro atoms. The second kappa shape index (κ2) is 9.93. The van der Waals surface area contributed by atoms with E-state index in [1.807, 2.05) is 69.3 Å². The average Bonchev–Trinajstić information content (AvgIpc) is 2.67. The van der Waals surface area contributed by atoms with Gasteiger partial charge in [-0.15, -0.1) is 0 Å². The molecule has 2 amide bonds. The molecule has 2 rings (SSSR count). The van der Waals surface area contributed by atoms with Gasteiger partial charge in [0.25, 0.3) is 0 Å². The van der Waals surface area contributed by atoms with Gasteiger partial charge in [-0.05, 0) is 56.5 Å². The van der Waals surface area contributed by atoms with E-state index in [9.17, 15) is 9.59 Å². The van der Waals surface area contributed by atoms with Crippen LogP contribution < -0.4 is 10.1 Å². The quantitative estimate of drug-likeness (QED) is 0.760. The molecule has 5 nitrogen and oxygen atoms in total. The fraction of sp³-hybridized carbons (Fsp3) is 0.391. The molecule has 0 unspecified atom stereocenters. The van der Waals surface area contributed by atoms with Crippen LogP contribution in [0.15, 0.2) is 48.5 Å². The second-order valence-corrected chi connectivity index (χ2v) is 7.31. The number of methoxy groups -OCH3 is 1. The van der Waals surface area contributed by atoms with Gasteiger partial charge in [-0.25, -0.2) is 0 Å². The highest BCUT2D eigenvalue weighted by Gasteiger charge is 2.26. The normalized spacial score (nSPS) is 11.8. The lowest BCUT2D eigenvalue weighted by Crippen LogP contribution is -2.49. The second-order valence-electron chi connectivity index (χ2n) is 7.31. The molecular weight excluding hydrogens is 352 g/mol. The molecule has 0 aromatic heterocycles. The lowest BCUT2D eigenvalue weighted by Gasteiger charge is -2.29. The summed E-state index contributed by atoms with van der Waals surface area (Å²) < 4.78 is 5.20. The molecule has 0 aliphatic rings. The Labute approximate surface area is 167 Å². The standard InChI is InChI=1S/C23H30N2O3/c1-16(2)24-23(27)18(4)25(15-19-10-12-21(28-5)13-11-19)22(26)14-20-9-7-6-8-17(20)3/h6-13,16,18H,14-15H2,1-5H3,(H,24,27)/t18-/m1/s1. The van der Waals surface area contributed by atoms with Gasteiger partial charge in [-0.3, -0.25) is 9.59 Å². The first-order chi connectivity index (χ1) is 13.3. The molecule has 1 N–H and O–H groups in total. The summed E-state index contributed by atoms with van der Waals surface area (Å²) in [5.74, 6) is 0.533. The number of hydrogen-bond acceptors (Lipinski definition) is 3. The van der Waals surface area contributed by atoms with Gasteiger partial charge in [0, 0.05) is 12.6 Å². The van der Waals surface area contributed by atoms with Crippen LogP contribution in [-0.4, -0.2) is 35.9 Å². The van der Waals surface area contributed by atoms with Crippen molar-refractivity contribution in [1.29, 1.82) is 0 Å². The van der Waals surface area contributed by atoms with Crippen molar-refractivity contribution >= 4 is 11.8 Å². The Morgan fingerprint density at radius 1 is 1.04 bits per heavy atom. The summed E-state index contributed by atoms with van der Waals surface area (Å²) in [7, 11) is 1.62. The molecule has 0 fully saturated rings. The summed E-state index contributed by atoms with van der Waals surface area (Å²) in [4.78, 5) is 27.4. The van der Waals surface area contributed by atoms with Crippen molar-refractivity contribution in [3.63, 3.8) is 0 Å². The lowest BCUT2D eigenvalue weighted by atomic mass is 10.0. The van der Waals surface area contributed by atoms with Gasteiger partial charge in [0.05, 0.1) is 13.5 Å². The number of rotatable bonds is 8. The molecule has 0 aliphatic carbocycles. The number of nitrogens with zero attached hydrogens (tertiary/aromatic N) is 1. The number of carbonyl (C=O) groups excluding carboxylic acids is 2. The highest BCUT2D eigenvalue weighted by atomic mass is 16.5. The molecule has 0 bridgehead atoms. The van der Waals surface area contributed by atoms with E-state index in [0.717, 1.165) is 22.4 Å². The van der Waals surface area contributed by atoms with Crippen molar-refractivity contribution in [2.75, 3.05) is 7.11 Å². The summed E-state index contributed by atoms with van der Waals surface area (Å²) in [6.07, 6.45) is 0.266. The lowest BCUT2D eigenvalue weighted by molar-refractivity contribution is -0.140. The van der Waals surface area contributed by atoms with E-state index in [1.54, 1.807) is 18.9 Å². The SMILES string of the molecule is COc1ccc(CN(C(=O)Cc2ccccc2C)[C@H](C)C(=O)NC(C)C)cc1. The zero-order valence-electron chi connectivity index (χ0n) is 17.4. The van der Waals surface area contributed by atoms with Crippen molar-refractivity contribution in [1.82, 2.24) is 10.2 Å². The Morgan fingerprint density at radius 2 is 1.68 bits per heavy atom. The molecule has 2 aromatic rings. The first-order valence-electron chi connectivity index (χ1n) is 9.59. The molecular formula is C23H30N2O3. The van der Waals surface area contributed by atoms with Crippen LogP contribution in [0, 0.1) is 6.92 Å². The Hall–Kier alpha value is -2.82. The zero-order valence-corrected chi connectivity index (χ0v) is 17.4. The third-order valence-corrected chi connectivity index (χ3v) is 4.71. The van der Waals surface area contributed by atoms with Crippen LogP contribution in [0.1, 0.15) is 37.5 Å². The van der Waals surface area contributed by atoms with Crippen LogP contribution in [0.4, 0.5) is 0 Å². The number of aryl methyl sites for hydroxylation is 1. The molecule has 28 heavy (non-hydrogen) atoms. The summed E-state index contributed by atoms with van der Waals surface area (Å²) in [5, 5.41) is 2.90. The average molecular weight is 383 g/mol. The van der Waals surface area contributed by atoms with Gasteiger partial charge in [-0.2, -0.15) is 0 Å². The topological polar surface area (TPSA) is 58.6 Å². The maximum Gasteiger partial charge on any atom is 0.242 e. The molecule has 5 heteroatoms. The van der Waals surface area contributed by atoms with Gasteiger partial charge >= 0.3 is 0 Å². The predicted octanol–water partition coefficient (Wildman–Crippen LogP) is 3.49. The number of hydrogen-bond donors (Lipinski definition) is 1. The van der Waals surface area contributed by atoms with Gasteiger partial charge in [0.2, 0.25) is 11.8 Å². The van der Waals surface area contributed by atoms with E-state index < -0.39 is 6.04 Å². The first-order valence-corrected chi connectivity index (χ1v) is 9.59. The van der Waals surface area contributed by atoms with Crippen molar-refractivity contribution in [3.8, 4) is 5.75 Å². The van der Waals surface area contributed by atoms with Crippen LogP contribution in [0.5, 0.6) is 5.75 Å². The molecule has 2 aromatic carbocycles. The van der Waals surface area contributed by atoms with Crippen LogP contribution >= 0.6 is 0 Å². The zero-order chi connectivity index (χ0) is 20.7. The van der Waals surface area contributed by atoms with Gasteiger partial charge in [0.15, 0.2) is 0 Å². The van der Waals surface area contributed by atoms with E-state index in [4.69, 9.17) is 4.74 Å². The maximum absolute atomic E-state index is 13.1. The van der Waals surface area contributed by atoms with E-state index in [0.29, 0.717) is 6.54 Å². The van der Waals surface area contributed by atoms with Crippen LogP contribution in [0.3, 0.4) is 0 Å². The van der Waals surface area contributed by atoms with Crippen molar-refractivity contribution < 1.29 is 14.3 Å². The number of amides is 2. The van der Waals surface area contributed by atoms with Crippen molar-refractivity contribution in [2.45, 2.75) is 52.7 Å². The largest absolute Gasteiger partial charge is 0.497 e. The van der Waals surface area contributed by atoms with Gasteiger partial charge in [0.1, 0.15) is 11.8 Å². The Balaban J connectivity index is 2.24. The Kier molecular flexibility index (Phi) is 7.61. The van der Waals surface area contributed by atoms with Crippen molar-refractivity contribution in [2.24, 2.45) is 0 Å². The number of benzene rings is 2. The molecule has 150 valence electrons. The van der Waals surface area contributed by atoms with E-state index in [-0.39, 0.29) is 24.3 Å². The highest BCUT2D eigenvalue weighted by Crippen LogP contribution is 2.17. The molecule has 0 aliphatic heterocycles. The molecule has 0 saturated carbocycles. The number of nitrogens with one attached hydrogen (secondary N) is 1. The monoisotopic (exact) mass is 382 g/mol. The molecule has 1 atom stereocenters. The summed E-state index contributed by atoms with van der Waals surface area (Å²) >= 11 is 0. The molecule has 0 saturated heterocycles. The van der Waals surface area contributed by atoms with Crippen LogP contribution in [0.25, 0.3) is 0 Å². The first kappa shape index (κ1) is 21.5. The summed E-state index contributed by atoms with van der Waals surface area (Å²) in [6, 6.07) is 14.8. The van der Waals surface area contributed by atoms with Gasteiger partial charge in [-0.1, -0.05) is 36.4 Å². The molecule has 0 heterocycles. The Bertz CT molecular complexity index is 800. The maximum atomic E-state index is 13.1. The van der Waals surface area contributed by atoms with E-state index >= 15 is 0 Å². The minimum atomic E-state index is -0.568. The fourth-order valence-corrected chi connectivity index (χ4v) is 2.99.